The zero-order chi connectivity index (χ0) is 12.9. The van der Waals surface area contributed by atoms with E-state index in [4.69, 9.17) is 0 Å². The Hall–Kier alpha value is -0.610. The summed E-state index contributed by atoms with van der Waals surface area (Å²) < 4.78 is 0. The minimum Gasteiger partial charge on any atom is -0.481 e. The van der Waals surface area contributed by atoms with Gasteiger partial charge in [-0.15, -0.1) is 0 Å². The Morgan fingerprint density at radius 2 is 2.18 bits per heavy atom. The number of aliphatic carboxylic acids is 1. The Kier molecular flexibility index (Phi) is 5.40. The number of nitrogens with zero attached hydrogens (tertiary/aromatic N) is 2. The quantitative estimate of drug-likeness (QED) is 0.767. The van der Waals surface area contributed by atoms with Crippen LogP contribution in [0.5, 0.6) is 0 Å². The zero-order valence-electron chi connectivity index (χ0n) is 11.4. The number of rotatable bonds is 6. The first-order valence-electron chi connectivity index (χ1n) is 6.60. The van der Waals surface area contributed by atoms with Crippen molar-refractivity contribution in [3.63, 3.8) is 0 Å². The molecule has 0 aromatic heterocycles. The number of carboxylic acids is 1. The Labute approximate surface area is 105 Å². The zero-order valence-corrected chi connectivity index (χ0v) is 11.4. The van der Waals surface area contributed by atoms with Crippen LogP contribution in [0, 0.1) is 5.41 Å². The molecular formula is C13H26N2O2. The number of likely N-dealkylation sites (N-methyl/N-ethyl adjacent to an activating group) is 1. The van der Waals surface area contributed by atoms with E-state index in [9.17, 15) is 9.90 Å². The molecule has 17 heavy (non-hydrogen) atoms. The first-order valence-corrected chi connectivity index (χ1v) is 6.60. The number of hydrogen-bond donors (Lipinski definition) is 1. The number of piperidine rings is 1. The summed E-state index contributed by atoms with van der Waals surface area (Å²) in [5, 5.41) is 9.48. The molecule has 1 fully saturated rings. The maximum absolute atomic E-state index is 11.5. The lowest BCUT2D eigenvalue weighted by Gasteiger charge is -2.40. The van der Waals surface area contributed by atoms with Crippen molar-refractivity contribution < 1.29 is 9.90 Å². The minimum absolute atomic E-state index is 0.487. The van der Waals surface area contributed by atoms with Crippen LogP contribution < -0.4 is 0 Å². The Morgan fingerprint density at radius 1 is 1.47 bits per heavy atom. The molecule has 4 heteroatoms. The predicted octanol–water partition coefficient (Wildman–Crippen LogP) is 1.51. The summed E-state index contributed by atoms with van der Waals surface area (Å²) in [5.74, 6) is -0.603. The third kappa shape index (κ3) is 3.96. The van der Waals surface area contributed by atoms with Gasteiger partial charge in [-0.1, -0.05) is 13.3 Å². The average molecular weight is 242 g/mol. The molecule has 0 radical (unpaired) electrons. The summed E-state index contributed by atoms with van der Waals surface area (Å²) in [5.41, 5.74) is -0.487. The van der Waals surface area contributed by atoms with Gasteiger partial charge >= 0.3 is 5.97 Å². The van der Waals surface area contributed by atoms with Crippen LogP contribution in [0.15, 0.2) is 0 Å². The van der Waals surface area contributed by atoms with Gasteiger partial charge in [0.15, 0.2) is 0 Å². The van der Waals surface area contributed by atoms with Gasteiger partial charge in [0.2, 0.25) is 0 Å². The molecule has 1 unspecified atom stereocenters. The van der Waals surface area contributed by atoms with E-state index >= 15 is 0 Å². The van der Waals surface area contributed by atoms with Crippen molar-refractivity contribution in [3.05, 3.63) is 0 Å². The molecule has 1 aliphatic rings. The summed E-state index contributed by atoms with van der Waals surface area (Å²) in [6.45, 7) is 5.83. The second kappa shape index (κ2) is 6.36. The third-order valence-electron chi connectivity index (χ3n) is 3.70. The number of carboxylic acid groups (broad SMARTS) is 1. The van der Waals surface area contributed by atoms with Crippen LogP contribution in [0.4, 0.5) is 0 Å². The fourth-order valence-corrected chi connectivity index (χ4v) is 2.72. The van der Waals surface area contributed by atoms with Gasteiger partial charge in [-0.2, -0.15) is 0 Å². The fourth-order valence-electron chi connectivity index (χ4n) is 2.72. The van der Waals surface area contributed by atoms with Crippen molar-refractivity contribution in [1.82, 2.24) is 9.80 Å². The second-order valence-corrected chi connectivity index (χ2v) is 5.52. The van der Waals surface area contributed by atoms with Gasteiger partial charge < -0.3 is 14.9 Å². The summed E-state index contributed by atoms with van der Waals surface area (Å²) in [6, 6.07) is 0. The van der Waals surface area contributed by atoms with Gasteiger partial charge in [-0.25, -0.2) is 0 Å². The number of likely N-dealkylation sites (tertiary alicyclic amines) is 1. The molecule has 0 aromatic rings. The number of hydrogen-bond acceptors (Lipinski definition) is 3. The van der Waals surface area contributed by atoms with Crippen LogP contribution in [0.2, 0.25) is 0 Å². The van der Waals surface area contributed by atoms with E-state index in [2.05, 4.69) is 30.8 Å². The van der Waals surface area contributed by atoms with E-state index < -0.39 is 11.4 Å². The SMILES string of the molecule is CCCC1(C(=O)O)CCCN(CCN(C)C)C1. The van der Waals surface area contributed by atoms with Crippen LogP contribution in [0.25, 0.3) is 0 Å². The molecule has 0 bridgehead atoms. The highest BCUT2D eigenvalue weighted by atomic mass is 16.4. The third-order valence-corrected chi connectivity index (χ3v) is 3.70. The highest BCUT2D eigenvalue weighted by Crippen LogP contribution is 2.34. The second-order valence-electron chi connectivity index (χ2n) is 5.52. The molecule has 1 aliphatic heterocycles. The molecule has 1 atom stereocenters. The van der Waals surface area contributed by atoms with Gasteiger partial charge in [-0.3, -0.25) is 4.79 Å². The molecular weight excluding hydrogens is 216 g/mol. The molecule has 4 nitrogen and oxygen atoms in total. The van der Waals surface area contributed by atoms with E-state index in [1.165, 1.54) is 0 Å². The minimum atomic E-state index is -0.603. The number of carbonyl (C=O) groups is 1. The summed E-state index contributed by atoms with van der Waals surface area (Å²) in [6.07, 6.45) is 3.61. The monoisotopic (exact) mass is 242 g/mol. The fraction of sp³-hybridized carbons (Fsp3) is 0.923. The Morgan fingerprint density at radius 3 is 2.71 bits per heavy atom. The van der Waals surface area contributed by atoms with Crippen LogP contribution in [0.3, 0.4) is 0 Å². The van der Waals surface area contributed by atoms with Crippen molar-refractivity contribution in [2.45, 2.75) is 32.6 Å². The normalized spacial score (nSPS) is 26.4. The molecule has 0 aromatic carbocycles. The molecule has 1 saturated heterocycles. The first kappa shape index (κ1) is 14.5. The van der Waals surface area contributed by atoms with Gasteiger partial charge in [0.25, 0.3) is 0 Å². The van der Waals surface area contributed by atoms with E-state index in [1.54, 1.807) is 0 Å². The molecule has 1 rings (SSSR count). The lowest BCUT2D eigenvalue weighted by Crippen LogP contribution is -2.49. The van der Waals surface area contributed by atoms with Crippen LogP contribution in [-0.4, -0.2) is 61.2 Å². The van der Waals surface area contributed by atoms with Crippen molar-refractivity contribution in [2.75, 3.05) is 40.3 Å². The molecule has 0 saturated carbocycles. The van der Waals surface area contributed by atoms with Crippen molar-refractivity contribution in [1.29, 1.82) is 0 Å². The van der Waals surface area contributed by atoms with Gasteiger partial charge in [-0.05, 0) is 39.9 Å². The smallest absolute Gasteiger partial charge is 0.310 e. The Bertz CT molecular complexity index is 252. The van der Waals surface area contributed by atoms with Crippen molar-refractivity contribution in [2.24, 2.45) is 5.41 Å². The van der Waals surface area contributed by atoms with Crippen LogP contribution in [0.1, 0.15) is 32.6 Å². The summed E-state index contributed by atoms with van der Waals surface area (Å²) >= 11 is 0. The molecule has 0 amide bonds. The van der Waals surface area contributed by atoms with E-state index in [0.717, 1.165) is 51.9 Å². The molecule has 1 N–H and O–H groups in total. The van der Waals surface area contributed by atoms with E-state index in [-0.39, 0.29) is 0 Å². The average Bonchev–Trinajstić information content (AvgIpc) is 2.27. The van der Waals surface area contributed by atoms with Gasteiger partial charge in [0.05, 0.1) is 5.41 Å². The largest absolute Gasteiger partial charge is 0.481 e. The van der Waals surface area contributed by atoms with E-state index in [0.29, 0.717) is 0 Å². The van der Waals surface area contributed by atoms with Crippen LogP contribution >= 0.6 is 0 Å². The maximum Gasteiger partial charge on any atom is 0.310 e. The lowest BCUT2D eigenvalue weighted by atomic mass is 9.76. The molecule has 0 aliphatic carbocycles. The highest BCUT2D eigenvalue weighted by Gasteiger charge is 2.41. The summed E-state index contributed by atoms with van der Waals surface area (Å²) in [7, 11) is 4.11. The van der Waals surface area contributed by atoms with Crippen molar-refractivity contribution >= 4 is 5.97 Å². The Balaban J connectivity index is 2.58. The predicted molar refractivity (Wildman–Crippen MR) is 69.2 cm³/mol. The van der Waals surface area contributed by atoms with Gasteiger partial charge in [0.1, 0.15) is 0 Å². The highest BCUT2D eigenvalue weighted by molar-refractivity contribution is 5.75. The summed E-state index contributed by atoms with van der Waals surface area (Å²) in [4.78, 5) is 16.0. The lowest BCUT2D eigenvalue weighted by molar-refractivity contribution is -0.153. The van der Waals surface area contributed by atoms with Crippen LogP contribution in [-0.2, 0) is 4.79 Å². The standard InChI is InChI=1S/C13H26N2O2/c1-4-6-13(12(16)17)7-5-8-15(11-13)10-9-14(2)3/h4-11H2,1-3H3,(H,16,17). The van der Waals surface area contributed by atoms with Crippen molar-refractivity contribution in [3.8, 4) is 0 Å². The molecule has 1 heterocycles. The van der Waals surface area contributed by atoms with E-state index in [1.807, 2.05) is 0 Å². The molecule has 100 valence electrons. The topological polar surface area (TPSA) is 43.8 Å². The first-order chi connectivity index (χ1) is 8.00. The van der Waals surface area contributed by atoms with Gasteiger partial charge in [0, 0.05) is 19.6 Å². The maximum atomic E-state index is 11.5. The molecule has 0 spiro atoms.